The average molecular weight is 413 g/mol. The van der Waals surface area contributed by atoms with Gasteiger partial charge in [0, 0.05) is 19.0 Å². The van der Waals surface area contributed by atoms with E-state index in [9.17, 15) is 14.0 Å². The molecule has 0 saturated heterocycles. The molecule has 2 heterocycles. The van der Waals surface area contributed by atoms with Gasteiger partial charge < -0.3 is 4.90 Å². The molecule has 154 valence electrons. The van der Waals surface area contributed by atoms with Crippen LogP contribution in [0.5, 0.6) is 0 Å². The lowest BCUT2D eigenvalue weighted by atomic mass is 9.84. The Morgan fingerprint density at radius 1 is 1.03 bits per heavy atom. The van der Waals surface area contributed by atoms with Crippen molar-refractivity contribution in [2.45, 2.75) is 19.0 Å². The molecule has 1 aromatic heterocycles. The van der Waals surface area contributed by atoms with Crippen molar-refractivity contribution in [1.82, 2.24) is 14.5 Å². The van der Waals surface area contributed by atoms with E-state index in [-0.39, 0.29) is 23.8 Å². The molecule has 6 heteroatoms. The Morgan fingerprint density at radius 2 is 1.81 bits per heavy atom. The zero-order valence-electron chi connectivity index (χ0n) is 16.7. The number of carbonyl (C=O) groups is 1. The summed E-state index contributed by atoms with van der Waals surface area (Å²) < 4.78 is 14.8. The zero-order valence-corrected chi connectivity index (χ0v) is 16.7. The van der Waals surface area contributed by atoms with E-state index in [0.717, 1.165) is 17.2 Å². The molecule has 1 amide bonds. The molecule has 31 heavy (non-hydrogen) atoms. The van der Waals surface area contributed by atoms with Crippen molar-refractivity contribution < 1.29 is 9.18 Å². The lowest BCUT2D eigenvalue weighted by Crippen LogP contribution is -2.41. The number of aromatic nitrogens is 2. The number of rotatable bonds is 3. The molecular formula is C25H20FN3O2. The van der Waals surface area contributed by atoms with Crippen LogP contribution in [-0.2, 0) is 17.9 Å². The maximum absolute atomic E-state index is 13.6. The highest BCUT2D eigenvalue weighted by molar-refractivity contribution is 5.79. The van der Waals surface area contributed by atoms with Crippen LogP contribution >= 0.6 is 0 Å². The standard InChI is InChI=1S/C25H20FN3O2/c26-19-10-11-23-21(12-19)25(31)29(16-27-23)15-24(30)28-13-18-8-4-5-9-20(18)22(14-28)17-6-2-1-3-7-17/h1-12,16,22H,13-15H2/t22-/m0/s1. The van der Waals surface area contributed by atoms with Crippen LogP contribution < -0.4 is 5.56 Å². The Bertz CT molecular complexity index is 1330. The molecule has 0 spiro atoms. The number of fused-ring (bicyclic) bond motifs is 2. The number of hydrogen-bond donors (Lipinski definition) is 0. The van der Waals surface area contributed by atoms with Gasteiger partial charge in [-0.1, -0.05) is 54.6 Å². The smallest absolute Gasteiger partial charge is 0.261 e. The molecule has 0 bridgehead atoms. The first-order valence-electron chi connectivity index (χ1n) is 10.2. The molecule has 4 aromatic rings. The number of halogens is 1. The Kier molecular flexibility index (Phi) is 4.82. The Labute approximate surface area is 178 Å². The molecule has 0 aliphatic carbocycles. The number of nitrogens with zero attached hydrogens (tertiary/aromatic N) is 3. The fourth-order valence-corrected chi connectivity index (χ4v) is 4.26. The molecule has 0 N–H and O–H groups in total. The Hall–Kier alpha value is -3.80. The van der Waals surface area contributed by atoms with Crippen molar-refractivity contribution in [3.63, 3.8) is 0 Å². The van der Waals surface area contributed by atoms with Gasteiger partial charge in [-0.05, 0) is 34.9 Å². The minimum atomic E-state index is -0.506. The van der Waals surface area contributed by atoms with Gasteiger partial charge >= 0.3 is 0 Å². The van der Waals surface area contributed by atoms with Crippen LogP contribution in [0.3, 0.4) is 0 Å². The summed E-state index contributed by atoms with van der Waals surface area (Å²) in [4.78, 5) is 31.9. The summed E-state index contributed by atoms with van der Waals surface area (Å²) >= 11 is 0. The summed E-state index contributed by atoms with van der Waals surface area (Å²) in [6.07, 6.45) is 1.35. The van der Waals surface area contributed by atoms with Gasteiger partial charge in [0.15, 0.2) is 0 Å². The van der Waals surface area contributed by atoms with E-state index >= 15 is 0 Å². The topological polar surface area (TPSA) is 55.2 Å². The molecule has 0 saturated carbocycles. The molecule has 1 aliphatic rings. The molecule has 3 aromatic carbocycles. The monoisotopic (exact) mass is 413 g/mol. The molecule has 1 aliphatic heterocycles. The summed E-state index contributed by atoms with van der Waals surface area (Å²) in [7, 11) is 0. The second-order valence-electron chi connectivity index (χ2n) is 7.78. The van der Waals surface area contributed by atoms with Crippen LogP contribution in [0.15, 0.2) is 83.9 Å². The Morgan fingerprint density at radius 3 is 2.65 bits per heavy atom. The van der Waals surface area contributed by atoms with Crippen LogP contribution in [-0.4, -0.2) is 26.9 Å². The predicted molar refractivity (Wildman–Crippen MR) is 116 cm³/mol. The van der Waals surface area contributed by atoms with Gasteiger partial charge in [-0.25, -0.2) is 9.37 Å². The van der Waals surface area contributed by atoms with E-state index in [1.54, 1.807) is 4.90 Å². The van der Waals surface area contributed by atoms with Crippen molar-refractivity contribution >= 4 is 16.8 Å². The number of carbonyl (C=O) groups excluding carboxylic acids is 1. The fourth-order valence-electron chi connectivity index (χ4n) is 4.26. The predicted octanol–water partition coefficient (Wildman–Crippen LogP) is 3.71. The molecule has 0 unspecified atom stereocenters. The summed E-state index contributed by atoms with van der Waals surface area (Å²) in [5.41, 5.74) is 3.45. The third-order valence-corrected chi connectivity index (χ3v) is 5.84. The van der Waals surface area contributed by atoms with Gasteiger partial charge in [0.05, 0.1) is 17.2 Å². The zero-order chi connectivity index (χ0) is 21.4. The van der Waals surface area contributed by atoms with Crippen LogP contribution in [0.2, 0.25) is 0 Å². The van der Waals surface area contributed by atoms with E-state index < -0.39 is 11.4 Å². The molecule has 1 atom stereocenters. The van der Waals surface area contributed by atoms with Crippen molar-refractivity contribution in [3.8, 4) is 0 Å². The van der Waals surface area contributed by atoms with Crippen LogP contribution in [0.1, 0.15) is 22.6 Å². The summed E-state index contributed by atoms with van der Waals surface area (Å²) in [6, 6.07) is 22.1. The van der Waals surface area contributed by atoms with Crippen molar-refractivity contribution in [3.05, 3.63) is 112 Å². The SMILES string of the molecule is O=C(Cn1cnc2ccc(F)cc2c1=O)N1Cc2ccccc2[C@H](c2ccccc2)C1. The number of amides is 1. The molecule has 0 fully saturated rings. The second-order valence-corrected chi connectivity index (χ2v) is 7.78. The third kappa shape index (κ3) is 3.61. The first-order chi connectivity index (χ1) is 15.1. The summed E-state index contributed by atoms with van der Waals surface area (Å²) in [5, 5.41) is 0.168. The minimum absolute atomic E-state index is 0.0654. The van der Waals surface area contributed by atoms with Gasteiger partial charge in [-0.2, -0.15) is 0 Å². The van der Waals surface area contributed by atoms with Crippen LogP contribution in [0, 0.1) is 5.82 Å². The first-order valence-corrected chi connectivity index (χ1v) is 10.2. The van der Waals surface area contributed by atoms with Gasteiger partial charge in [-0.3, -0.25) is 14.2 Å². The highest BCUT2D eigenvalue weighted by Crippen LogP contribution is 2.33. The minimum Gasteiger partial charge on any atom is -0.336 e. The van der Waals surface area contributed by atoms with Crippen molar-refractivity contribution in [2.24, 2.45) is 0 Å². The number of benzene rings is 3. The summed E-state index contributed by atoms with van der Waals surface area (Å²) in [5.74, 6) is -0.612. The largest absolute Gasteiger partial charge is 0.336 e. The highest BCUT2D eigenvalue weighted by Gasteiger charge is 2.29. The summed E-state index contributed by atoms with van der Waals surface area (Å²) in [6.45, 7) is 0.884. The normalized spacial score (nSPS) is 15.6. The van der Waals surface area contributed by atoms with Crippen LogP contribution in [0.25, 0.3) is 10.9 Å². The maximum Gasteiger partial charge on any atom is 0.261 e. The number of hydrogen-bond acceptors (Lipinski definition) is 3. The highest BCUT2D eigenvalue weighted by atomic mass is 19.1. The Balaban J connectivity index is 1.46. The van der Waals surface area contributed by atoms with E-state index in [1.165, 1.54) is 28.6 Å². The molecule has 5 rings (SSSR count). The van der Waals surface area contributed by atoms with Crippen molar-refractivity contribution in [2.75, 3.05) is 6.54 Å². The van der Waals surface area contributed by atoms with Crippen molar-refractivity contribution in [1.29, 1.82) is 0 Å². The molecule has 0 radical (unpaired) electrons. The second kappa shape index (κ2) is 7.80. The first kappa shape index (κ1) is 19.2. The van der Waals surface area contributed by atoms with E-state index in [1.807, 2.05) is 36.4 Å². The average Bonchev–Trinajstić information content (AvgIpc) is 2.81. The quantitative estimate of drug-likeness (QED) is 0.515. The van der Waals surface area contributed by atoms with E-state index in [4.69, 9.17) is 0 Å². The lowest BCUT2D eigenvalue weighted by Gasteiger charge is -2.35. The van der Waals surface area contributed by atoms with E-state index in [2.05, 4.69) is 23.2 Å². The van der Waals surface area contributed by atoms with E-state index in [0.29, 0.717) is 18.6 Å². The molecular weight excluding hydrogens is 393 g/mol. The lowest BCUT2D eigenvalue weighted by molar-refractivity contribution is -0.133. The van der Waals surface area contributed by atoms with Gasteiger partial charge in [0.2, 0.25) is 5.91 Å². The van der Waals surface area contributed by atoms with Gasteiger partial charge in [-0.15, -0.1) is 0 Å². The van der Waals surface area contributed by atoms with Gasteiger partial charge in [0.1, 0.15) is 12.4 Å². The third-order valence-electron chi connectivity index (χ3n) is 5.84. The van der Waals surface area contributed by atoms with Gasteiger partial charge in [0.25, 0.3) is 5.56 Å². The molecule has 5 nitrogen and oxygen atoms in total. The van der Waals surface area contributed by atoms with Crippen LogP contribution in [0.4, 0.5) is 4.39 Å². The maximum atomic E-state index is 13.6. The fraction of sp³-hybridized carbons (Fsp3) is 0.160.